The smallest absolute Gasteiger partial charge is 0.319 e. The molecule has 1 aromatic carbocycles. The molecule has 17 heavy (non-hydrogen) atoms. The van der Waals surface area contributed by atoms with E-state index >= 15 is 0 Å². The second kappa shape index (κ2) is 6.75. The van der Waals surface area contributed by atoms with Crippen LogP contribution < -0.4 is 15.4 Å². The fourth-order valence-corrected chi connectivity index (χ4v) is 1.28. The van der Waals surface area contributed by atoms with E-state index in [1.54, 1.807) is 19.1 Å². The fourth-order valence-electron chi connectivity index (χ4n) is 1.28. The first kappa shape index (κ1) is 13.3. The Bertz CT molecular complexity index is 369. The molecule has 5 heteroatoms. The lowest BCUT2D eigenvalue weighted by atomic mass is 10.3. The first-order valence-electron chi connectivity index (χ1n) is 5.57. The summed E-state index contributed by atoms with van der Waals surface area (Å²) in [5.41, 5.74) is 0.608. The Morgan fingerprint density at radius 3 is 2.82 bits per heavy atom. The molecule has 5 nitrogen and oxygen atoms in total. The number of hydrogen-bond donors (Lipinski definition) is 3. The summed E-state index contributed by atoms with van der Waals surface area (Å²) in [5, 5.41) is 14.1. The minimum Gasteiger partial charge on any atom is -0.492 e. The summed E-state index contributed by atoms with van der Waals surface area (Å²) in [7, 11) is 0. The Morgan fingerprint density at radius 2 is 2.18 bits per heavy atom. The highest BCUT2D eigenvalue weighted by Gasteiger charge is 2.08. The number of aliphatic hydroxyl groups excluding tert-OH is 1. The Balaban J connectivity index is 2.64. The highest BCUT2D eigenvalue weighted by atomic mass is 16.5. The number of carbonyl (C=O) groups is 1. The summed E-state index contributed by atoms with van der Waals surface area (Å²) in [4.78, 5) is 11.5. The van der Waals surface area contributed by atoms with Gasteiger partial charge < -0.3 is 20.5 Å². The normalized spacial score (nSPS) is 11.7. The number of rotatable bonds is 5. The third kappa shape index (κ3) is 4.32. The number of hydrogen-bond acceptors (Lipinski definition) is 3. The standard InChI is InChI=1S/C12H18N2O3/c1-3-17-11-7-5-4-6-10(11)14-12(16)13-9(2)8-15/h4-7,9,15H,3,8H2,1-2H3,(H2,13,14,16). The van der Waals surface area contributed by atoms with E-state index < -0.39 is 0 Å². The lowest BCUT2D eigenvalue weighted by Crippen LogP contribution is -2.38. The van der Waals surface area contributed by atoms with E-state index in [1.807, 2.05) is 19.1 Å². The van der Waals surface area contributed by atoms with Gasteiger partial charge in [0, 0.05) is 0 Å². The molecule has 0 heterocycles. The number of para-hydroxylation sites is 2. The number of nitrogens with one attached hydrogen (secondary N) is 2. The van der Waals surface area contributed by atoms with Gasteiger partial charge in [-0.2, -0.15) is 0 Å². The third-order valence-corrected chi connectivity index (χ3v) is 2.09. The lowest BCUT2D eigenvalue weighted by Gasteiger charge is -2.14. The van der Waals surface area contributed by atoms with Crippen LogP contribution in [0.5, 0.6) is 5.75 Å². The molecular weight excluding hydrogens is 220 g/mol. The molecule has 0 aromatic heterocycles. The van der Waals surface area contributed by atoms with E-state index in [-0.39, 0.29) is 18.7 Å². The Hall–Kier alpha value is -1.75. The number of urea groups is 1. The maximum Gasteiger partial charge on any atom is 0.319 e. The van der Waals surface area contributed by atoms with Crippen LogP contribution in [0, 0.1) is 0 Å². The number of ether oxygens (including phenoxy) is 1. The van der Waals surface area contributed by atoms with Crippen LogP contribution in [0.15, 0.2) is 24.3 Å². The predicted molar refractivity (Wildman–Crippen MR) is 66.3 cm³/mol. The van der Waals surface area contributed by atoms with Crippen molar-refractivity contribution in [2.45, 2.75) is 19.9 Å². The molecule has 0 radical (unpaired) electrons. The minimum absolute atomic E-state index is 0.0967. The maximum absolute atomic E-state index is 11.5. The molecule has 1 unspecified atom stereocenters. The molecule has 94 valence electrons. The van der Waals surface area contributed by atoms with Crippen LogP contribution in [0.1, 0.15) is 13.8 Å². The molecule has 0 fully saturated rings. The molecule has 1 rings (SSSR count). The molecule has 0 saturated heterocycles. The van der Waals surface area contributed by atoms with Gasteiger partial charge in [0.15, 0.2) is 0 Å². The van der Waals surface area contributed by atoms with Crippen molar-refractivity contribution in [2.75, 3.05) is 18.5 Å². The van der Waals surface area contributed by atoms with Crippen LogP contribution in [0.3, 0.4) is 0 Å². The number of carbonyl (C=O) groups excluding carboxylic acids is 1. The summed E-state index contributed by atoms with van der Waals surface area (Å²) in [6.07, 6.45) is 0. The molecule has 3 N–H and O–H groups in total. The van der Waals surface area contributed by atoms with Gasteiger partial charge in [0.2, 0.25) is 0 Å². The van der Waals surface area contributed by atoms with E-state index in [2.05, 4.69) is 10.6 Å². The monoisotopic (exact) mass is 238 g/mol. The molecule has 2 amide bonds. The average molecular weight is 238 g/mol. The second-order valence-electron chi connectivity index (χ2n) is 3.61. The van der Waals surface area contributed by atoms with Crippen molar-refractivity contribution >= 4 is 11.7 Å². The van der Waals surface area contributed by atoms with Gasteiger partial charge in [-0.1, -0.05) is 12.1 Å². The van der Waals surface area contributed by atoms with E-state index in [0.717, 1.165) is 0 Å². The largest absolute Gasteiger partial charge is 0.492 e. The third-order valence-electron chi connectivity index (χ3n) is 2.09. The number of aliphatic hydroxyl groups is 1. The van der Waals surface area contributed by atoms with Crippen molar-refractivity contribution in [1.29, 1.82) is 0 Å². The Kier molecular flexibility index (Phi) is 5.29. The minimum atomic E-state index is -0.362. The summed E-state index contributed by atoms with van der Waals surface area (Å²) in [6.45, 7) is 4.03. The maximum atomic E-state index is 11.5. The summed E-state index contributed by atoms with van der Waals surface area (Å²) in [5.74, 6) is 0.627. The highest BCUT2D eigenvalue weighted by Crippen LogP contribution is 2.23. The summed E-state index contributed by atoms with van der Waals surface area (Å²) in [6, 6.07) is 6.55. The number of anilines is 1. The van der Waals surface area contributed by atoms with Crippen LogP contribution in [0.2, 0.25) is 0 Å². The topological polar surface area (TPSA) is 70.6 Å². The molecule has 0 aliphatic carbocycles. The van der Waals surface area contributed by atoms with Crippen molar-refractivity contribution in [3.63, 3.8) is 0 Å². The van der Waals surface area contributed by atoms with Crippen LogP contribution in [0.25, 0.3) is 0 Å². The van der Waals surface area contributed by atoms with Crippen molar-refractivity contribution < 1.29 is 14.6 Å². The van der Waals surface area contributed by atoms with Crippen molar-refractivity contribution in [2.24, 2.45) is 0 Å². The fraction of sp³-hybridized carbons (Fsp3) is 0.417. The summed E-state index contributed by atoms with van der Waals surface area (Å²) < 4.78 is 5.38. The first-order chi connectivity index (χ1) is 8.17. The van der Waals surface area contributed by atoms with Crippen molar-refractivity contribution in [3.8, 4) is 5.75 Å². The number of benzene rings is 1. The van der Waals surface area contributed by atoms with Crippen LogP contribution in [-0.2, 0) is 0 Å². The van der Waals surface area contributed by atoms with Gasteiger partial charge in [-0.15, -0.1) is 0 Å². The molecule has 0 aliphatic heterocycles. The zero-order chi connectivity index (χ0) is 12.7. The molecule has 1 atom stereocenters. The SMILES string of the molecule is CCOc1ccccc1NC(=O)NC(C)CO. The van der Waals surface area contributed by atoms with Gasteiger partial charge >= 0.3 is 6.03 Å². The van der Waals surface area contributed by atoms with Crippen LogP contribution >= 0.6 is 0 Å². The molecule has 1 aromatic rings. The van der Waals surface area contributed by atoms with E-state index in [4.69, 9.17) is 9.84 Å². The molecule has 0 bridgehead atoms. The average Bonchev–Trinajstić information content (AvgIpc) is 2.31. The lowest BCUT2D eigenvalue weighted by molar-refractivity contribution is 0.229. The highest BCUT2D eigenvalue weighted by molar-refractivity contribution is 5.91. The van der Waals surface area contributed by atoms with Gasteiger partial charge in [0.05, 0.1) is 24.9 Å². The van der Waals surface area contributed by atoms with Crippen LogP contribution in [0.4, 0.5) is 10.5 Å². The van der Waals surface area contributed by atoms with E-state index in [1.165, 1.54) is 0 Å². The number of amides is 2. The zero-order valence-corrected chi connectivity index (χ0v) is 10.1. The molecular formula is C12H18N2O3. The molecule has 0 saturated carbocycles. The van der Waals surface area contributed by atoms with Crippen LogP contribution in [-0.4, -0.2) is 30.4 Å². The first-order valence-corrected chi connectivity index (χ1v) is 5.57. The molecule has 0 aliphatic rings. The predicted octanol–water partition coefficient (Wildman–Crippen LogP) is 1.59. The van der Waals surface area contributed by atoms with Gasteiger partial charge in [0.1, 0.15) is 5.75 Å². The van der Waals surface area contributed by atoms with Crippen molar-refractivity contribution in [3.05, 3.63) is 24.3 Å². The Labute approximate surface area is 101 Å². The zero-order valence-electron chi connectivity index (χ0n) is 10.1. The van der Waals surface area contributed by atoms with E-state index in [0.29, 0.717) is 18.0 Å². The van der Waals surface area contributed by atoms with Gasteiger partial charge in [0.25, 0.3) is 0 Å². The van der Waals surface area contributed by atoms with Gasteiger partial charge in [-0.25, -0.2) is 4.79 Å². The quantitative estimate of drug-likeness (QED) is 0.729. The van der Waals surface area contributed by atoms with Crippen molar-refractivity contribution in [1.82, 2.24) is 5.32 Å². The van der Waals surface area contributed by atoms with E-state index in [9.17, 15) is 4.79 Å². The Morgan fingerprint density at radius 1 is 1.47 bits per heavy atom. The summed E-state index contributed by atoms with van der Waals surface area (Å²) >= 11 is 0. The molecule has 0 spiro atoms. The second-order valence-corrected chi connectivity index (χ2v) is 3.61. The van der Waals surface area contributed by atoms with Gasteiger partial charge in [-0.3, -0.25) is 0 Å². The van der Waals surface area contributed by atoms with Gasteiger partial charge in [-0.05, 0) is 26.0 Å².